The van der Waals surface area contributed by atoms with Crippen molar-refractivity contribution in [1.82, 2.24) is 15.1 Å². The van der Waals surface area contributed by atoms with Crippen LogP contribution < -0.4 is 10.6 Å². The van der Waals surface area contributed by atoms with Gasteiger partial charge in [-0.1, -0.05) is 55.5 Å². The first-order chi connectivity index (χ1) is 16.3. The molecule has 176 valence electrons. The molecule has 0 fully saturated rings. The number of nitrogens with zero attached hydrogens (tertiary/aromatic N) is 2. The molecule has 1 aromatic heterocycles. The van der Waals surface area contributed by atoms with E-state index in [1.807, 2.05) is 36.4 Å². The predicted octanol–water partition coefficient (Wildman–Crippen LogP) is 3.62. The van der Waals surface area contributed by atoms with Gasteiger partial charge in [0, 0.05) is 25.7 Å². The van der Waals surface area contributed by atoms with Crippen molar-refractivity contribution in [2.24, 2.45) is 13.0 Å². The predicted molar refractivity (Wildman–Crippen MR) is 126 cm³/mol. The Bertz CT molecular complexity index is 1190. The van der Waals surface area contributed by atoms with E-state index in [1.54, 1.807) is 14.0 Å². The molecule has 2 aromatic carbocycles. The first kappa shape index (κ1) is 23.0. The van der Waals surface area contributed by atoms with Gasteiger partial charge in [-0.3, -0.25) is 19.6 Å². The number of aryl methyl sites for hydroxylation is 1. The maximum absolute atomic E-state index is 12.6. The van der Waals surface area contributed by atoms with Crippen LogP contribution in [0.5, 0.6) is 0 Å². The van der Waals surface area contributed by atoms with Gasteiger partial charge in [-0.2, -0.15) is 5.10 Å². The first-order valence-corrected chi connectivity index (χ1v) is 11.0. The Labute approximate surface area is 196 Å². The van der Waals surface area contributed by atoms with Crippen molar-refractivity contribution in [3.63, 3.8) is 0 Å². The Morgan fingerprint density at radius 1 is 1.09 bits per heavy atom. The smallest absolute Gasteiger partial charge is 0.411 e. The van der Waals surface area contributed by atoms with E-state index in [2.05, 4.69) is 27.9 Å². The number of aliphatic carboxylic acids is 1. The van der Waals surface area contributed by atoms with Gasteiger partial charge in [0.15, 0.2) is 5.69 Å². The second-order valence-electron chi connectivity index (χ2n) is 8.30. The van der Waals surface area contributed by atoms with Crippen LogP contribution in [-0.2, 0) is 16.6 Å². The van der Waals surface area contributed by atoms with Crippen LogP contribution in [0.2, 0.25) is 0 Å². The number of ether oxygens (including phenoxy) is 1. The molecule has 9 heteroatoms. The fourth-order valence-electron chi connectivity index (χ4n) is 4.10. The summed E-state index contributed by atoms with van der Waals surface area (Å²) in [5.41, 5.74) is 4.72. The van der Waals surface area contributed by atoms with Crippen molar-refractivity contribution in [1.29, 1.82) is 0 Å². The Balaban J connectivity index is 1.39. The average molecular weight is 463 g/mol. The number of fused-ring (bicyclic) bond motifs is 3. The lowest BCUT2D eigenvalue weighted by atomic mass is 9.98. The van der Waals surface area contributed by atoms with Crippen LogP contribution >= 0.6 is 0 Å². The molecule has 0 radical (unpaired) electrons. The maximum atomic E-state index is 12.6. The number of carbonyl (C=O) groups excluding carboxylic acids is 2. The van der Waals surface area contributed by atoms with Crippen molar-refractivity contribution in [3.8, 4) is 11.1 Å². The van der Waals surface area contributed by atoms with Crippen LogP contribution in [0.3, 0.4) is 0 Å². The zero-order chi connectivity index (χ0) is 24.2. The number of aromatic nitrogens is 2. The summed E-state index contributed by atoms with van der Waals surface area (Å²) in [6.07, 6.45) is 1.10. The third kappa shape index (κ3) is 4.78. The van der Waals surface area contributed by atoms with Crippen molar-refractivity contribution < 1.29 is 24.2 Å². The number of benzene rings is 2. The minimum Gasteiger partial charge on any atom is -0.481 e. The fraction of sp³-hybridized carbons (Fsp3) is 0.280. The average Bonchev–Trinajstić information content (AvgIpc) is 3.34. The van der Waals surface area contributed by atoms with Crippen molar-refractivity contribution in [2.45, 2.75) is 19.3 Å². The van der Waals surface area contributed by atoms with Gasteiger partial charge in [0.2, 0.25) is 0 Å². The molecular formula is C25H26N4O5. The quantitative estimate of drug-likeness (QED) is 0.470. The van der Waals surface area contributed by atoms with E-state index in [1.165, 1.54) is 10.9 Å². The van der Waals surface area contributed by atoms with E-state index in [4.69, 9.17) is 9.84 Å². The Kier molecular flexibility index (Phi) is 6.62. The van der Waals surface area contributed by atoms with E-state index < -0.39 is 23.9 Å². The van der Waals surface area contributed by atoms with Crippen molar-refractivity contribution >= 4 is 23.7 Å². The minimum absolute atomic E-state index is 0.0268. The summed E-state index contributed by atoms with van der Waals surface area (Å²) in [7, 11) is 1.63. The second-order valence-corrected chi connectivity index (χ2v) is 8.30. The highest BCUT2D eigenvalue weighted by molar-refractivity contribution is 6.00. The zero-order valence-electron chi connectivity index (χ0n) is 18.9. The number of carboxylic acids is 1. The first-order valence-electron chi connectivity index (χ1n) is 11.0. The molecule has 1 aliphatic carbocycles. The van der Waals surface area contributed by atoms with Gasteiger partial charge in [-0.05, 0) is 28.7 Å². The van der Waals surface area contributed by atoms with Gasteiger partial charge in [0.1, 0.15) is 6.61 Å². The summed E-state index contributed by atoms with van der Waals surface area (Å²) in [6.45, 7) is 1.89. The Morgan fingerprint density at radius 2 is 1.71 bits per heavy atom. The van der Waals surface area contributed by atoms with Crippen LogP contribution in [0, 0.1) is 5.92 Å². The number of carboxylic acid groups (broad SMARTS) is 1. The molecule has 1 heterocycles. The third-order valence-electron chi connectivity index (χ3n) is 5.91. The molecule has 0 aliphatic heterocycles. The van der Waals surface area contributed by atoms with Crippen LogP contribution in [-0.4, -0.2) is 46.0 Å². The van der Waals surface area contributed by atoms with E-state index in [0.717, 1.165) is 22.3 Å². The van der Waals surface area contributed by atoms with Crippen LogP contribution in [0.15, 0.2) is 54.7 Å². The maximum Gasteiger partial charge on any atom is 0.411 e. The van der Waals surface area contributed by atoms with Crippen molar-refractivity contribution in [2.75, 3.05) is 18.5 Å². The molecular weight excluding hydrogens is 436 g/mol. The molecule has 0 saturated heterocycles. The van der Waals surface area contributed by atoms with Crippen LogP contribution in [0.25, 0.3) is 11.1 Å². The van der Waals surface area contributed by atoms with E-state index in [0.29, 0.717) is 0 Å². The van der Waals surface area contributed by atoms with Crippen LogP contribution in [0.1, 0.15) is 40.9 Å². The lowest BCUT2D eigenvalue weighted by Crippen LogP contribution is -2.28. The fourth-order valence-corrected chi connectivity index (χ4v) is 4.10. The molecule has 3 aromatic rings. The Hall–Kier alpha value is -4.14. The highest BCUT2D eigenvalue weighted by Gasteiger charge is 2.29. The standard InChI is InChI=1S/C25H26N4O5/c1-15(24(31)32)11-12-26-23(30)22-21(13-29(2)28-22)27-25(33)34-14-20-18-9-5-3-7-16(18)17-8-4-6-10-19(17)20/h3-10,13,15,20H,11-12,14H2,1-2H3,(H,26,30)(H,27,33)(H,31,32). The molecule has 34 heavy (non-hydrogen) atoms. The summed E-state index contributed by atoms with van der Waals surface area (Å²) in [6, 6.07) is 16.1. The monoisotopic (exact) mass is 462 g/mol. The number of anilines is 1. The van der Waals surface area contributed by atoms with Crippen LogP contribution in [0.4, 0.5) is 10.5 Å². The summed E-state index contributed by atoms with van der Waals surface area (Å²) < 4.78 is 6.95. The number of nitrogens with one attached hydrogen (secondary N) is 2. The molecule has 0 spiro atoms. The lowest BCUT2D eigenvalue weighted by molar-refractivity contribution is -0.141. The minimum atomic E-state index is -0.926. The summed E-state index contributed by atoms with van der Waals surface area (Å²) in [5.74, 6) is -2.09. The summed E-state index contributed by atoms with van der Waals surface area (Å²) in [5, 5.41) is 18.3. The van der Waals surface area contributed by atoms with E-state index in [9.17, 15) is 14.4 Å². The second kappa shape index (κ2) is 9.78. The largest absolute Gasteiger partial charge is 0.481 e. The molecule has 0 bridgehead atoms. The molecule has 1 atom stereocenters. The van der Waals surface area contributed by atoms with E-state index in [-0.39, 0.29) is 36.9 Å². The topological polar surface area (TPSA) is 123 Å². The third-order valence-corrected chi connectivity index (χ3v) is 5.91. The number of hydrogen-bond acceptors (Lipinski definition) is 5. The molecule has 4 rings (SSSR count). The number of hydrogen-bond donors (Lipinski definition) is 3. The number of rotatable bonds is 8. The molecule has 2 amide bonds. The van der Waals surface area contributed by atoms with Gasteiger partial charge in [-0.25, -0.2) is 4.79 Å². The van der Waals surface area contributed by atoms with Gasteiger partial charge in [0.25, 0.3) is 5.91 Å². The molecule has 1 unspecified atom stereocenters. The Morgan fingerprint density at radius 3 is 2.32 bits per heavy atom. The molecule has 0 saturated carbocycles. The highest BCUT2D eigenvalue weighted by atomic mass is 16.5. The van der Waals surface area contributed by atoms with Gasteiger partial charge >= 0.3 is 12.1 Å². The highest BCUT2D eigenvalue weighted by Crippen LogP contribution is 2.44. The van der Waals surface area contributed by atoms with Gasteiger partial charge in [0.05, 0.1) is 11.6 Å². The SMILES string of the molecule is CC(CCNC(=O)c1nn(C)cc1NC(=O)OCC1c2ccccc2-c2ccccc21)C(=O)O. The van der Waals surface area contributed by atoms with Gasteiger partial charge in [-0.15, -0.1) is 0 Å². The molecule has 9 nitrogen and oxygen atoms in total. The molecule has 1 aliphatic rings. The number of carbonyl (C=O) groups is 3. The van der Waals surface area contributed by atoms with Crippen molar-refractivity contribution in [3.05, 3.63) is 71.5 Å². The summed E-state index contributed by atoms with van der Waals surface area (Å²) >= 11 is 0. The summed E-state index contributed by atoms with van der Waals surface area (Å²) in [4.78, 5) is 36.0. The zero-order valence-corrected chi connectivity index (χ0v) is 18.9. The molecule has 3 N–H and O–H groups in total. The lowest BCUT2D eigenvalue weighted by Gasteiger charge is -2.14. The normalized spacial score (nSPS) is 13.0. The number of amides is 2. The van der Waals surface area contributed by atoms with Gasteiger partial charge < -0.3 is 15.2 Å². The van der Waals surface area contributed by atoms with E-state index >= 15 is 0 Å².